The third-order valence-electron chi connectivity index (χ3n) is 4.50. The number of nitrogens with zero attached hydrogens (tertiary/aromatic N) is 3. The van der Waals surface area contributed by atoms with E-state index in [9.17, 15) is 4.79 Å². The molecular weight excluding hydrogens is 304 g/mol. The first kappa shape index (κ1) is 14.7. The summed E-state index contributed by atoms with van der Waals surface area (Å²) >= 11 is 0. The van der Waals surface area contributed by atoms with Crippen LogP contribution in [-0.4, -0.2) is 27.6 Å². The predicted octanol–water partition coefficient (Wildman–Crippen LogP) is 2.69. The molecule has 0 bridgehead atoms. The Bertz CT molecular complexity index is 957. The van der Waals surface area contributed by atoms with E-state index in [4.69, 9.17) is 10.5 Å². The molecule has 6 heteroatoms. The van der Waals surface area contributed by atoms with Gasteiger partial charge in [-0.1, -0.05) is 12.1 Å². The van der Waals surface area contributed by atoms with Crippen LogP contribution in [0.1, 0.15) is 40.5 Å². The van der Waals surface area contributed by atoms with Crippen LogP contribution in [0.2, 0.25) is 0 Å². The number of ether oxygens (including phenoxy) is 1. The lowest BCUT2D eigenvalue weighted by atomic mass is 9.99. The van der Waals surface area contributed by atoms with Crippen molar-refractivity contribution in [1.29, 1.82) is 0 Å². The number of pyridine rings is 1. The minimum atomic E-state index is -0.434. The largest absolute Gasteiger partial charge is 0.493 e. The fourth-order valence-corrected chi connectivity index (χ4v) is 3.01. The molecule has 6 nitrogen and oxygen atoms in total. The van der Waals surface area contributed by atoms with Crippen LogP contribution in [0.15, 0.2) is 30.3 Å². The van der Waals surface area contributed by atoms with Crippen molar-refractivity contribution in [2.45, 2.75) is 25.7 Å². The Balaban J connectivity index is 1.97. The zero-order chi connectivity index (χ0) is 16.8. The van der Waals surface area contributed by atoms with E-state index >= 15 is 0 Å². The number of amides is 1. The van der Waals surface area contributed by atoms with Gasteiger partial charge in [0.2, 0.25) is 5.91 Å². The Kier molecular flexibility index (Phi) is 3.26. The summed E-state index contributed by atoms with van der Waals surface area (Å²) < 4.78 is 7.23. The second-order valence-electron chi connectivity index (χ2n) is 6.11. The third-order valence-corrected chi connectivity index (χ3v) is 4.50. The van der Waals surface area contributed by atoms with E-state index in [1.807, 2.05) is 31.2 Å². The molecule has 0 saturated heterocycles. The third kappa shape index (κ3) is 2.22. The molecule has 0 aliphatic heterocycles. The predicted molar refractivity (Wildman–Crippen MR) is 90.2 cm³/mol. The summed E-state index contributed by atoms with van der Waals surface area (Å²) in [5.41, 5.74) is 9.29. The molecule has 4 rings (SSSR count). The van der Waals surface area contributed by atoms with Crippen LogP contribution < -0.4 is 10.5 Å². The maximum atomic E-state index is 11.6. The van der Waals surface area contributed by atoms with Gasteiger partial charge in [-0.05, 0) is 43.5 Å². The first-order chi connectivity index (χ1) is 11.6. The smallest absolute Gasteiger partial charge is 0.248 e. The maximum absolute atomic E-state index is 11.6. The summed E-state index contributed by atoms with van der Waals surface area (Å²) in [5, 5.41) is 4.68. The lowest BCUT2D eigenvalue weighted by Crippen LogP contribution is -2.13. The molecule has 2 N–H and O–H groups in total. The fraction of sp³-hybridized carbons (Fsp3) is 0.278. The summed E-state index contributed by atoms with van der Waals surface area (Å²) in [6.07, 6.45) is 2.26. The van der Waals surface area contributed by atoms with E-state index < -0.39 is 5.91 Å². The van der Waals surface area contributed by atoms with Crippen molar-refractivity contribution < 1.29 is 9.53 Å². The first-order valence-electron chi connectivity index (χ1n) is 7.93. The lowest BCUT2D eigenvalue weighted by Gasteiger charge is -2.11. The molecule has 122 valence electrons. The number of hydrogen-bond acceptors (Lipinski definition) is 4. The Morgan fingerprint density at radius 1 is 1.29 bits per heavy atom. The Hall–Kier alpha value is -2.89. The number of hydrogen-bond donors (Lipinski definition) is 1. The highest BCUT2D eigenvalue weighted by molar-refractivity contribution is 5.96. The van der Waals surface area contributed by atoms with Gasteiger partial charge < -0.3 is 10.5 Å². The van der Waals surface area contributed by atoms with Gasteiger partial charge in [-0.25, -0.2) is 9.50 Å². The minimum absolute atomic E-state index is 0.434. The molecule has 2 heterocycles. The van der Waals surface area contributed by atoms with Gasteiger partial charge in [0.1, 0.15) is 0 Å². The second-order valence-corrected chi connectivity index (χ2v) is 6.11. The molecule has 0 atom stereocenters. The van der Waals surface area contributed by atoms with Gasteiger partial charge >= 0.3 is 0 Å². The van der Waals surface area contributed by atoms with Crippen LogP contribution in [0.25, 0.3) is 16.9 Å². The molecule has 0 unspecified atom stereocenters. The van der Waals surface area contributed by atoms with E-state index in [1.165, 1.54) is 0 Å². The minimum Gasteiger partial charge on any atom is -0.493 e. The van der Waals surface area contributed by atoms with Gasteiger partial charge in [-0.15, -0.1) is 0 Å². The zero-order valence-corrected chi connectivity index (χ0v) is 13.6. The Morgan fingerprint density at radius 3 is 2.75 bits per heavy atom. The normalized spacial score (nSPS) is 14.1. The maximum Gasteiger partial charge on any atom is 0.248 e. The molecule has 2 aromatic heterocycles. The molecule has 1 saturated carbocycles. The molecule has 1 amide bonds. The van der Waals surface area contributed by atoms with E-state index in [0.717, 1.165) is 35.5 Å². The van der Waals surface area contributed by atoms with Crippen LogP contribution in [-0.2, 0) is 0 Å². The SMILES string of the molecule is COc1ccc(-c2cccc(C(N)=O)c2C)n2nc(C3CC3)nc12. The van der Waals surface area contributed by atoms with Gasteiger partial charge in [0, 0.05) is 17.0 Å². The molecule has 1 aliphatic rings. The number of carbonyl (C=O) groups excluding carboxylic acids is 1. The fourth-order valence-electron chi connectivity index (χ4n) is 3.01. The van der Waals surface area contributed by atoms with Crippen molar-refractivity contribution in [2.75, 3.05) is 7.11 Å². The summed E-state index contributed by atoms with van der Waals surface area (Å²) in [5.74, 6) is 1.54. The molecule has 1 aromatic carbocycles. The molecule has 0 spiro atoms. The summed E-state index contributed by atoms with van der Waals surface area (Å²) in [7, 11) is 1.62. The monoisotopic (exact) mass is 322 g/mol. The van der Waals surface area contributed by atoms with Crippen LogP contribution in [0.5, 0.6) is 5.75 Å². The number of primary amides is 1. The Labute approximate surface area is 139 Å². The zero-order valence-electron chi connectivity index (χ0n) is 13.6. The highest BCUT2D eigenvalue weighted by Gasteiger charge is 2.29. The van der Waals surface area contributed by atoms with Crippen molar-refractivity contribution in [2.24, 2.45) is 5.73 Å². The quantitative estimate of drug-likeness (QED) is 0.800. The number of carbonyl (C=O) groups is 1. The molecule has 1 aliphatic carbocycles. The van der Waals surface area contributed by atoms with Crippen LogP contribution in [0, 0.1) is 6.92 Å². The van der Waals surface area contributed by atoms with E-state index in [1.54, 1.807) is 17.7 Å². The Morgan fingerprint density at radius 2 is 2.08 bits per heavy atom. The van der Waals surface area contributed by atoms with E-state index in [2.05, 4.69) is 10.1 Å². The average molecular weight is 322 g/mol. The van der Waals surface area contributed by atoms with Crippen molar-refractivity contribution in [3.05, 3.63) is 47.3 Å². The van der Waals surface area contributed by atoms with E-state index in [-0.39, 0.29) is 0 Å². The van der Waals surface area contributed by atoms with Crippen LogP contribution in [0.4, 0.5) is 0 Å². The van der Waals surface area contributed by atoms with Crippen molar-refractivity contribution in [3.8, 4) is 17.0 Å². The van der Waals surface area contributed by atoms with Crippen LogP contribution >= 0.6 is 0 Å². The van der Waals surface area contributed by atoms with Crippen molar-refractivity contribution in [1.82, 2.24) is 14.6 Å². The number of rotatable bonds is 4. The molecule has 1 fully saturated rings. The topological polar surface area (TPSA) is 82.5 Å². The number of benzene rings is 1. The highest BCUT2D eigenvalue weighted by Crippen LogP contribution is 2.39. The molecule has 24 heavy (non-hydrogen) atoms. The van der Waals surface area contributed by atoms with Gasteiger partial charge in [0.05, 0.1) is 12.8 Å². The highest BCUT2D eigenvalue weighted by atomic mass is 16.5. The van der Waals surface area contributed by atoms with Gasteiger partial charge in [0.15, 0.2) is 17.2 Å². The molecular formula is C18H18N4O2. The number of nitrogens with two attached hydrogens (primary N) is 1. The van der Waals surface area contributed by atoms with Gasteiger partial charge in [0.25, 0.3) is 0 Å². The van der Waals surface area contributed by atoms with Crippen molar-refractivity contribution in [3.63, 3.8) is 0 Å². The van der Waals surface area contributed by atoms with Crippen LogP contribution in [0.3, 0.4) is 0 Å². The van der Waals surface area contributed by atoms with Gasteiger partial charge in [-0.2, -0.15) is 5.10 Å². The summed E-state index contributed by atoms with van der Waals surface area (Å²) in [6, 6.07) is 9.34. The number of methoxy groups -OCH3 is 1. The van der Waals surface area contributed by atoms with Gasteiger partial charge in [-0.3, -0.25) is 4.79 Å². The molecule has 3 aromatic rings. The average Bonchev–Trinajstić information content (AvgIpc) is 3.32. The lowest BCUT2D eigenvalue weighted by molar-refractivity contribution is 0.1000. The standard InChI is InChI=1S/C18H18N4O2/c1-10-12(4-3-5-13(10)16(19)23)14-8-9-15(24-2)18-20-17(11-6-7-11)21-22(14)18/h3-5,8-9,11H,6-7H2,1-2H3,(H2,19,23). The van der Waals surface area contributed by atoms with Crippen molar-refractivity contribution >= 4 is 11.6 Å². The molecule has 0 radical (unpaired) electrons. The number of fused-ring (bicyclic) bond motifs is 1. The first-order valence-corrected chi connectivity index (χ1v) is 7.93. The second kappa shape index (κ2) is 5.33. The summed E-state index contributed by atoms with van der Waals surface area (Å²) in [6.45, 7) is 1.89. The van der Waals surface area contributed by atoms with E-state index in [0.29, 0.717) is 22.9 Å². The number of aromatic nitrogens is 3. The summed E-state index contributed by atoms with van der Waals surface area (Å²) in [4.78, 5) is 16.3.